The number of thiazole rings is 1. The number of piperidine rings is 1. The van der Waals surface area contributed by atoms with Gasteiger partial charge in [0.2, 0.25) is 5.91 Å². The minimum atomic E-state index is 0.0411. The van der Waals surface area contributed by atoms with Crippen LogP contribution < -0.4 is 5.32 Å². The van der Waals surface area contributed by atoms with Crippen molar-refractivity contribution in [1.29, 1.82) is 0 Å². The summed E-state index contributed by atoms with van der Waals surface area (Å²) in [5.41, 5.74) is 2.12. The lowest BCUT2D eigenvalue weighted by atomic mass is 9.95. The van der Waals surface area contributed by atoms with E-state index >= 15 is 0 Å². The molecule has 1 atom stereocenters. The van der Waals surface area contributed by atoms with E-state index in [-0.39, 0.29) is 11.9 Å². The van der Waals surface area contributed by atoms with Gasteiger partial charge in [0.05, 0.1) is 23.0 Å². The molecule has 0 aliphatic carbocycles. The van der Waals surface area contributed by atoms with Crippen molar-refractivity contribution in [3.05, 3.63) is 64.5 Å². The van der Waals surface area contributed by atoms with E-state index in [1.807, 2.05) is 22.9 Å². The molecule has 3 heterocycles. The average molecular weight is 426 g/mol. The quantitative estimate of drug-likeness (QED) is 0.579. The number of nitrogens with zero attached hydrogens (tertiary/aromatic N) is 2. The standard InChI is InChI=1S/C23H27N3OS2/c1-17-9-11-26(12-10-17)20(18-6-3-2-4-7-18)15-24-22(27)14-19-16-29-23(25-19)21-8-5-13-28-21/h2-8,13,16-17,20H,9-12,14-15H2,1H3,(H,24,27). The molecule has 1 saturated heterocycles. The normalized spacial score (nSPS) is 16.6. The van der Waals surface area contributed by atoms with Crippen molar-refractivity contribution in [3.8, 4) is 9.88 Å². The molecular formula is C23H27N3OS2. The molecule has 6 heteroatoms. The lowest BCUT2D eigenvalue weighted by molar-refractivity contribution is -0.120. The monoisotopic (exact) mass is 425 g/mol. The van der Waals surface area contributed by atoms with E-state index in [1.54, 1.807) is 22.7 Å². The van der Waals surface area contributed by atoms with E-state index in [0.29, 0.717) is 13.0 Å². The maximum Gasteiger partial charge on any atom is 0.226 e. The zero-order valence-electron chi connectivity index (χ0n) is 16.7. The van der Waals surface area contributed by atoms with E-state index in [0.717, 1.165) is 34.6 Å². The van der Waals surface area contributed by atoms with Crippen molar-refractivity contribution < 1.29 is 4.79 Å². The molecule has 0 radical (unpaired) electrons. The number of amides is 1. The van der Waals surface area contributed by atoms with Gasteiger partial charge in [0.15, 0.2) is 0 Å². The summed E-state index contributed by atoms with van der Waals surface area (Å²) in [6.45, 7) is 5.15. The first-order chi connectivity index (χ1) is 14.2. The molecule has 1 N–H and O–H groups in total. The van der Waals surface area contributed by atoms with Crippen LogP contribution in [-0.4, -0.2) is 35.4 Å². The smallest absolute Gasteiger partial charge is 0.226 e. The molecule has 2 aromatic heterocycles. The molecule has 4 nitrogen and oxygen atoms in total. The van der Waals surface area contributed by atoms with Gasteiger partial charge in [-0.2, -0.15) is 0 Å². The molecule has 0 bridgehead atoms. The van der Waals surface area contributed by atoms with Crippen LogP contribution >= 0.6 is 22.7 Å². The first kappa shape index (κ1) is 20.3. The number of aromatic nitrogens is 1. The number of rotatable bonds is 7. The Bertz CT molecular complexity index is 899. The Labute approximate surface area is 180 Å². The van der Waals surface area contributed by atoms with E-state index in [9.17, 15) is 4.79 Å². The van der Waals surface area contributed by atoms with Crippen LogP contribution in [0.4, 0.5) is 0 Å². The van der Waals surface area contributed by atoms with Crippen LogP contribution in [0, 0.1) is 5.92 Å². The first-order valence-corrected chi connectivity index (χ1v) is 12.0. The number of thiophene rings is 1. The Morgan fingerprint density at radius 2 is 1.97 bits per heavy atom. The number of hydrogen-bond donors (Lipinski definition) is 1. The highest BCUT2D eigenvalue weighted by molar-refractivity contribution is 7.20. The fraction of sp³-hybridized carbons (Fsp3) is 0.391. The molecule has 1 fully saturated rings. The molecule has 29 heavy (non-hydrogen) atoms. The second-order valence-corrected chi connectivity index (χ2v) is 9.55. The van der Waals surface area contributed by atoms with E-state index in [2.05, 4.69) is 52.5 Å². The van der Waals surface area contributed by atoms with Gasteiger partial charge in [-0.15, -0.1) is 22.7 Å². The predicted octanol–water partition coefficient (Wildman–Crippen LogP) is 5.00. The van der Waals surface area contributed by atoms with Crippen LogP contribution in [0.2, 0.25) is 0 Å². The number of hydrogen-bond acceptors (Lipinski definition) is 5. The predicted molar refractivity (Wildman–Crippen MR) is 121 cm³/mol. The van der Waals surface area contributed by atoms with Gasteiger partial charge in [-0.25, -0.2) is 4.98 Å². The number of carbonyl (C=O) groups is 1. The maximum atomic E-state index is 12.6. The lowest BCUT2D eigenvalue weighted by Gasteiger charge is -2.37. The third kappa shape index (κ3) is 5.32. The van der Waals surface area contributed by atoms with E-state index in [4.69, 9.17) is 0 Å². The fourth-order valence-corrected chi connectivity index (χ4v) is 5.45. The van der Waals surface area contributed by atoms with Crippen molar-refractivity contribution in [3.63, 3.8) is 0 Å². The highest BCUT2D eigenvalue weighted by Gasteiger charge is 2.25. The van der Waals surface area contributed by atoms with Crippen LogP contribution in [0.1, 0.15) is 37.1 Å². The summed E-state index contributed by atoms with van der Waals surface area (Å²) in [6, 6.07) is 14.9. The van der Waals surface area contributed by atoms with Crippen molar-refractivity contribution in [2.24, 2.45) is 5.92 Å². The van der Waals surface area contributed by atoms with E-state index in [1.165, 1.54) is 18.4 Å². The fourth-order valence-electron chi connectivity index (χ4n) is 3.81. The molecule has 0 spiro atoms. The molecule has 0 saturated carbocycles. The molecule has 1 unspecified atom stereocenters. The lowest BCUT2D eigenvalue weighted by Crippen LogP contribution is -2.42. The van der Waals surface area contributed by atoms with Gasteiger partial charge in [-0.05, 0) is 48.9 Å². The van der Waals surface area contributed by atoms with Gasteiger partial charge in [0, 0.05) is 11.9 Å². The largest absolute Gasteiger partial charge is 0.354 e. The summed E-state index contributed by atoms with van der Waals surface area (Å²) in [5, 5.41) is 8.21. The molecule has 1 aliphatic heterocycles. The van der Waals surface area contributed by atoms with Gasteiger partial charge >= 0.3 is 0 Å². The summed E-state index contributed by atoms with van der Waals surface area (Å²) < 4.78 is 0. The Morgan fingerprint density at radius 1 is 1.17 bits per heavy atom. The Hall–Kier alpha value is -2.02. The zero-order chi connectivity index (χ0) is 20.1. The minimum absolute atomic E-state index is 0.0411. The van der Waals surface area contributed by atoms with Crippen molar-refractivity contribution >= 4 is 28.6 Å². The molecule has 1 aliphatic rings. The van der Waals surface area contributed by atoms with Crippen LogP contribution in [-0.2, 0) is 11.2 Å². The van der Waals surface area contributed by atoms with Gasteiger partial charge in [0.1, 0.15) is 5.01 Å². The maximum absolute atomic E-state index is 12.6. The molecule has 152 valence electrons. The van der Waals surface area contributed by atoms with Crippen LogP contribution in [0.5, 0.6) is 0 Å². The molecule has 1 amide bonds. The second-order valence-electron chi connectivity index (χ2n) is 7.75. The van der Waals surface area contributed by atoms with Gasteiger partial charge in [-0.3, -0.25) is 9.69 Å². The van der Waals surface area contributed by atoms with Crippen LogP contribution in [0.25, 0.3) is 9.88 Å². The average Bonchev–Trinajstić information content (AvgIpc) is 3.42. The van der Waals surface area contributed by atoms with Gasteiger partial charge in [-0.1, -0.05) is 43.3 Å². The van der Waals surface area contributed by atoms with E-state index < -0.39 is 0 Å². The van der Waals surface area contributed by atoms with Crippen molar-refractivity contribution in [2.75, 3.05) is 19.6 Å². The van der Waals surface area contributed by atoms with Crippen molar-refractivity contribution in [2.45, 2.75) is 32.2 Å². The van der Waals surface area contributed by atoms with Crippen molar-refractivity contribution in [1.82, 2.24) is 15.2 Å². The molecule has 3 aromatic rings. The summed E-state index contributed by atoms with van der Waals surface area (Å²) in [5.74, 6) is 0.832. The highest BCUT2D eigenvalue weighted by atomic mass is 32.1. The summed E-state index contributed by atoms with van der Waals surface area (Å²) in [4.78, 5) is 20.9. The minimum Gasteiger partial charge on any atom is -0.354 e. The zero-order valence-corrected chi connectivity index (χ0v) is 18.3. The summed E-state index contributed by atoms with van der Waals surface area (Å²) in [7, 11) is 0. The number of benzene rings is 1. The highest BCUT2D eigenvalue weighted by Crippen LogP contribution is 2.28. The molecule has 4 rings (SSSR count). The second kappa shape index (κ2) is 9.65. The SMILES string of the molecule is CC1CCN(C(CNC(=O)Cc2csc(-c3cccs3)n2)c2ccccc2)CC1. The van der Waals surface area contributed by atoms with Gasteiger partial charge in [0.25, 0.3) is 0 Å². The summed E-state index contributed by atoms with van der Waals surface area (Å²) >= 11 is 3.28. The number of carbonyl (C=O) groups excluding carboxylic acids is 1. The third-order valence-corrected chi connectivity index (χ3v) is 7.49. The Morgan fingerprint density at radius 3 is 2.69 bits per heavy atom. The Kier molecular flexibility index (Phi) is 6.74. The Balaban J connectivity index is 1.37. The number of nitrogens with one attached hydrogen (secondary N) is 1. The van der Waals surface area contributed by atoms with Crippen LogP contribution in [0.15, 0.2) is 53.2 Å². The molecule has 1 aromatic carbocycles. The number of likely N-dealkylation sites (tertiary alicyclic amines) is 1. The first-order valence-electron chi connectivity index (χ1n) is 10.2. The molecular weight excluding hydrogens is 398 g/mol. The topological polar surface area (TPSA) is 45.2 Å². The third-order valence-electron chi connectivity index (χ3n) is 5.56. The van der Waals surface area contributed by atoms with Crippen LogP contribution in [0.3, 0.4) is 0 Å². The summed E-state index contributed by atoms with van der Waals surface area (Å²) in [6.07, 6.45) is 2.78. The van der Waals surface area contributed by atoms with Gasteiger partial charge < -0.3 is 5.32 Å².